The van der Waals surface area contributed by atoms with E-state index in [1.165, 1.54) is 12.1 Å². The topological polar surface area (TPSA) is 72.6 Å². The van der Waals surface area contributed by atoms with Gasteiger partial charge in [-0.3, -0.25) is 10.1 Å². The second-order valence-electron chi connectivity index (χ2n) is 4.68. The molecule has 0 aliphatic heterocycles. The molecule has 1 N–H and O–H groups in total. The number of hydrogen-bond donors (Lipinski definition) is 1. The molecule has 5 nitrogen and oxygen atoms in total. The number of nitrogens with zero attached hydrogens (tertiary/aromatic N) is 1. The molecule has 0 aromatic heterocycles. The number of ether oxygens (including phenoxy) is 1. The van der Waals surface area contributed by atoms with Crippen LogP contribution in [0.5, 0.6) is 5.75 Å². The summed E-state index contributed by atoms with van der Waals surface area (Å²) in [5.74, 6) is 0.205. The predicted octanol–water partition coefficient (Wildman–Crippen LogP) is 3.62. The Kier molecular flexibility index (Phi) is 4.90. The molecule has 0 aliphatic rings. The molecule has 0 saturated carbocycles. The van der Waals surface area contributed by atoms with E-state index in [2.05, 4.69) is 0 Å². The fourth-order valence-electron chi connectivity index (χ4n) is 1.98. The van der Waals surface area contributed by atoms with Crippen molar-refractivity contribution in [1.82, 2.24) is 0 Å². The van der Waals surface area contributed by atoms with E-state index in [9.17, 15) is 15.2 Å². The third-order valence-electron chi connectivity index (χ3n) is 3.19. The Balaban J connectivity index is 2.20. The van der Waals surface area contributed by atoms with Gasteiger partial charge in [-0.25, -0.2) is 0 Å². The number of nitro groups is 1. The predicted molar refractivity (Wildman–Crippen MR) is 79.1 cm³/mol. The van der Waals surface area contributed by atoms with Crippen molar-refractivity contribution in [3.05, 3.63) is 69.8 Å². The molecule has 0 fully saturated rings. The monoisotopic (exact) mass is 287 g/mol. The van der Waals surface area contributed by atoms with E-state index in [0.29, 0.717) is 12.0 Å². The molecule has 0 bridgehead atoms. The first kappa shape index (κ1) is 15.0. The highest BCUT2D eigenvalue weighted by atomic mass is 16.6. The third kappa shape index (κ3) is 3.79. The molecule has 0 spiro atoms. The molecule has 110 valence electrons. The van der Waals surface area contributed by atoms with Crippen molar-refractivity contribution in [3.8, 4) is 5.75 Å². The first-order valence-corrected chi connectivity index (χ1v) is 6.75. The van der Waals surface area contributed by atoms with E-state index in [4.69, 9.17) is 4.74 Å². The lowest BCUT2D eigenvalue weighted by Crippen LogP contribution is -2.02. The molecule has 0 amide bonds. The first-order chi connectivity index (χ1) is 10.1. The molecule has 21 heavy (non-hydrogen) atoms. The summed E-state index contributed by atoms with van der Waals surface area (Å²) in [6.07, 6.45) is -0.201. The fourth-order valence-corrected chi connectivity index (χ4v) is 1.98. The largest absolute Gasteiger partial charge is 0.482 e. The van der Waals surface area contributed by atoms with Crippen LogP contribution in [0.4, 0.5) is 5.69 Å². The molecule has 2 aromatic rings. The molecular weight excluding hydrogens is 270 g/mol. The normalized spacial score (nSPS) is 11.9. The van der Waals surface area contributed by atoms with Gasteiger partial charge in [-0.1, -0.05) is 43.3 Å². The minimum Gasteiger partial charge on any atom is -0.482 e. The Hall–Kier alpha value is -2.40. The number of aliphatic hydroxyl groups is 1. The summed E-state index contributed by atoms with van der Waals surface area (Å²) in [7, 11) is 0. The lowest BCUT2D eigenvalue weighted by Gasteiger charge is -2.11. The molecule has 0 radical (unpaired) electrons. The lowest BCUT2D eigenvalue weighted by atomic mass is 10.1. The zero-order valence-corrected chi connectivity index (χ0v) is 11.7. The number of nitro benzene ring substituents is 1. The van der Waals surface area contributed by atoms with Gasteiger partial charge in [0.15, 0.2) is 5.75 Å². The maximum Gasteiger partial charge on any atom is 0.311 e. The number of benzene rings is 2. The maximum absolute atomic E-state index is 11.1. The minimum absolute atomic E-state index is 0.129. The summed E-state index contributed by atoms with van der Waals surface area (Å²) >= 11 is 0. The van der Waals surface area contributed by atoms with Crippen molar-refractivity contribution in [1.29, 1.82) is 0 Å². The van der Waals surface area contributed by atoms with Gasteiger partial charge in [0, 0.05) is 6.07 Å². The van der Waals surface area contributed by atoms with Crippen LogP contribution < -0.4 is 4.74 Å². The van der Waals surface area contributed by atoms with Gasteiger partial charge in [-0.05, 0) is 23.6 Å². The van der Waals surface area contributed by atoms with Crippen LogP contribution in [0.25, 0.3) is 0 Å². The quantitative estimate of drug-likeness (QED) is 0.650. The highest BCUT2D eigenvalue weighted by Crippen LogP contribution is 2.31. The summed E-state index contributed by atoms with van der Waals surface area (Å²) in [6.45, 7) is 2.08. The molecular formula is C16H17NO4. The van der Waals surface area contributed by atoms with Gasteiger partial charge in [0.2, 0.25) is 0 Å². The maximum atomic E-state index is 11.1. The number of hydrogen-bond acceptors (Lipinski definition) is 4. The van der Waals surface area contributed by atoms with Gasteiger partial charge in [0.05, 0.1) is 11.0 Å². The Morgan fingerprint density at radius 1 is 1.24 bits per heavy atom. The third-order valence-corrected chi connectivity index (χ3v) is 3.19. The van der Waals surface area contributed by atoms with Gasteiger partial charge < -0.3 is 9.84 Å². The van der Waals surface area contributed by atoms with Crippen molar-refractivity contribution in [2.75, 3.05) is 0 Å². The summed E-state index contributed by atoms with van der Waals surface area (Å²) in [4.78, 5) is 10.6. The SMILES string of the molecule is CCC(O)c1ccc(OCc2ccccc2)c([N+](=O)[O-])c1. The van der Waals surface area contributed by atoms with Crippen molar-refractivity contribution < 1.29 is 14.8 Å². The fraction of sp³-hybridized carbons (Fsp3) is 0.250. The second kappa shape index (κ2) is 6.85. The Labute approximate surface area is 123 Å². The molecule has 1 atom stereocenters. The Morgan fingerprint density at radius 3 is 2.57 bits per heavy atom. The standard InChI is InChI=1S/C16H17NO4/c1-2-15(18)13-8-9-16(14(10-13)17(19)20)21-11-12-6-4-3-5-7-12/h3-10,15,18H,2,11H2,1H3. The van der Waals surface area contributed by atoms with Crippen molar-refractivity contribution in [3.63, 3.8) is 0 Å². The molecule has 0 saturated heterocycles. The van der Waals surface area contributed by atoms with Crippen LogP contribution in [-0.4, -0.2) is 10.0 Å². The summed E-state index contributed by atoms with van der Waals surface area (Å²) in [5.41, 5.74) is 1.33. The minimum atomic E-state index is -0.702. The zero-order chi connectivity index (χ0) is 15.2. The zero-order valence-electron chi connectivity index (χ0n) is 11.7. The van der Waals surface area contributed by atoms with Crippen molar-refractivity contribution in [2.45, 2.75) is 26.1 Å². The molecule has 0 aliphatic carbocycles. The summed E-state index contributed by atoms with van der Waals surface area (Å²) in [6, 6.07) is 14.0. The number of aliphatic hydroxyl groups excluding tert-OH is 1. The average Bonchev–Trinajstić information content (AvgIpc) is 2.52. The van der Waals surface area contributed by atoms with Crippen LogP contribution in [-0.2, 0) is 6.61 Å². The van der Waals surface area contributed by atoms with E-state index >= 15 is 0 Å². The van der Waals surface area contributed by atoms with Gasteiger partial charge in [0.25, 0.3) is 0 Å². The molecule has 5 heteroatoms. The van der Waals surface area contributed by atoms with Crippen LogP contribution in [0, 0.1) is 10.1 Å². The molecule has 0 heterocycles. The van der Waals surface area contributed by atoms with Gasteiger partial charge in [-0.15, -0.1) is 0 Å². The smallest absolute Gasteiger partial charge is 0.311 e. The lowest BCUT2D eigenvalue weighted by molar-refractivity contribution is -0.386. The van der Waals surface area contributed by atoms with E-state index in [-0.39, 0.29) is 18.0 Å². The van der Waals surface area contributed by atoms with Crippen LogP contribution in [0.2, 0.25) is 0 Å². The van der Waals surface area contributed by atoms with Crippen LogP contribution in [0.3, 0.4) is 0 Å². The average molecular weight is 287 g/mol. The van der Waals surface area contributed by atoms with Gasteiger partial charge in [0.1, 0.15) is 6.61 Å². The summed E-state index contributed by atoms with van der Waals surface area (Å²) in [5, 5.41) is 20.9. The van der Waals surface area contributed by atoms with Crippen molar-refractivity contribution >= 4 is 5.69 Å². The highest BCUT2D eigenvalue weighted by Gasteiger charge is 2.18. The van der Waals surface area contributed by atoms with Gasteiger partial charge >= 0.3 is 5.69 Å². The molecule has 2 aromatic carbocycles. The van der Waals surface area contributed by atoms with Crippen molar-refractivity contribution in [2.24, 2.45) is 0 Å². The van der Waals surface area contributed by atoms with E-state index in [1.54, 1.807) is 6.07 Å². The van der Waals surface area contributed by atoms with Crippen LogP contribution in [0.1, 0.15) is 30.6 Å². The van der Waals surface area contributed by atoms with E-state index < -0.39 is 11.0 Å². The molecule has 2 rings (SSSR count). The Morgan fingerprint density at radius 2 is 1.95 bits per heavy atom. The van der Waals surface area contributed by atoms with Crippen LogP contribution in [0.15, 0.2) is 48.5 Å². The highest BCUT2D eigenvalue weighted by molar-refractivity contribution is 5.49. The van der Waals surface area contributed by atoms with Gasteiger partial charge in [-0.2, -0.15) is 0 Å². The van der Waals surface area contributed by atoms with Crippen LogP contribution >= 0.6 is 0 Å². The summed E-state index contributed by atoms with van der Waals surface area (Å²) < 4.78 is 5.53. The second-order valence-corrected chi connectivity index (χ2v) is 4.68. The van der Waals surface area contributed by atoms with E-state index in [1.807, 2.05) is 37.3 Å². The molecule has 1 unspecified atom stereocenters. The Bertz CT molecular complexity index is 613. The number of rotatable bonds is 6. The van der Waals surface area contributed by atoms with E-state index in [0.717, 1.165) is 5.56 Å². The first-order valence-electron chi connectivity index (χ1n) is 6.75.